The van der Waals surface area contributed by atoms with Crippen LogP contribution in [0.3, 0.4) is 0 Å². The second-order valence-corrected chi connectivity index (χ2v) is 6.99. The second-order valence-electron chi connectivity index (χ2n) is 4.86. The van der Waals surface area contributed by atoms with Gasteiger partial charge in [0.2, 0.25) is 10.0 Å². The van der Waals surface area contributed by atoms with Gasteiger partial charge in [0.15, 0.2) is 0 Å². The topological polar surface area (TPSA) is 37.4 Å². The van der Waals surface area contributed by atoms with E-state index in [2.05, 4.69) is 0 Å². The van der Waals surface area contributed by atoms with Crippen LogP contribution < -0.4 is 0 Å². The molecule has 1 atom stereocenters. The maximum Gasteiger partial charge on any atom is 0.246 e. The van der Waals surface area contributed by atoms with Gasteiger partial charge in [-0.25, -0.2) is 12.8 Å². The smallest absolute Gasteiger partial charge is 0.207 e. The summed E-state index contributed by atoms with van der Waals surface area (Å²) >= 11 is 5.68. The van der Waals surface area contributed by atoms with E-state index < -0.39 is 15.8 Å². The minimum absolute atomic E-state index is 0.0854. The summed E-state index contributed by atoms with van der Waals surface area (Å²) in [7, 11) is -3.77. The molecule has 106 valence electrons. The third kappa shape index (κ3) is 2.93. The van der Waals surface area contributed by atoms with Crippen LogP contribution >= 0.6 is 11.6 Å². The first-order valence-electron chi connectivity index (χ1n) is 6.33. The number of piperidine rings is 1. The highest BCUT2D eigenvalue weighted by atomic mass is 35.5. The van der Waals surface area contributed by atoms with Gasteiger partial charge in [0, 0.05) is 18.5 Å². The van der Waals surface area contributed by atoms with Gasteiger partial charge in [-0.1, -0.05) is 12.5 Å². The van der Waals surface area contributed by atoms with Crippen molar-refractivity contribution in [3.05, 3.63) is 29.6 Å². The third-order valence-electron chi connectivity index (χ3n) is 3.48. The van der Waals surface area contributed by atoms with Gasteiger partial charge in [0.05, 0.1) is 0 Å². The first-order valence-corrected chi connectivity index (χ1v) is 8.30. The Morgan fingerprint density at radius 3 is 2.79 bits per heavy atom. The molecule has 0 bridgehead atoms. The minimum Gasteiger partial charge on any atom is -0.207 e. The van der Waals surface area contributed by atoms with E-state index in [1.54, 1.807) is 0 Å². The Morgan fingerprint density at radius 1 is 1.42 bits per heavy atom. The summed E-state index contributed by atoms with van der Waals surface area (Å²) in [6.07, 6.45) is 2.65. The van der Waals surface area contributed by atoms with E-state index in [0.717, 1.165) is 19.3 Å². The summed E-state index contributed by atoms with van der Waals surface area (Å²) in [6.45, 7) is 2.31. The molecule has 1 aromatic carbocycles. The van der Waals surface area contributed by atoms with Crippen LogP contribution in [0.1, 0.15) is 31.7 Å². The molecule has 0 spiro atoms. The molecule has 0 amide bonds. The van der Waals surface area contributed by atoms with Crippen LogP contribution in [0.2, 0.25) is 0 Å². The highest BCUT2D eigenvalue weighted by Gasteiger charge is 2.32. The van der Waals surface area contributed by atoms with Crippen molar-refractivity contribution in [2.75, 3.05) is 6.54 Å². The summed E-state index contributed by atoms with van der Waals surface area (Å²) < 4.78 is 40.3. The Kier molecular flexibility index (Phi) is 4.48. The number of sulfonamides is 1. The Morgan fingerprint density at radius 2 is 2.16 bits per heavy atom. The molecule has 0 saturated carbocycles. The average molecular weight is 306 g/mol. The van der Waals surface area contributed by atoms with Crippen molar-refractivity contribution in [2.45, 2.75) is 43.0 Å². The van der Waals surface area contributed by atoms with Gasteiger partial charge in [0.25, 0.3) is 0 Å². The Bertz CT molecular complexity index is 562. The predicted molar refractivity (Wildman–Crippen MR) is 73.2 cm³/mol. The van der Waals surface area contributed by atoms with Crippen LogP contribution in [-0.2, 0) is 15.9 Å². The summed E-state index contributed by atoms with van der Waals surface area (Å²) in [6, 6.07) is 3.91. The Labute approximate surface area is 118 Å². The lowest BCUT2D eigenvalue weighted by molar-refractivity contribution is 0.268. The zero-order chi connectivity index (χ0) is 14.0. The first kappa shape index (κ1) is 14.8. The fourth-order valence-corrected chi connectivity index (χ4v) is 4.37. The Balaban J connectivity index is 2.43. The molecule has 2 rings (SSSR count). The third-order valence-corrected chi connectivity index (χ3v) is 5.82. The number of alkyl halides is 1. The summed E-state index contributed by atoms with van der Waals surface area (Å²) in [4.78, 5) is -0.264. The van der Waals surface area contributed by atoms with Crippen LogP contribution in [0, 0.1) is 5.82 Å². The molecule has 1 heterocycles. The van der Waals surface area contributed by atoms with Crippen molar-refractivity contribution < 1.29 is 12.8 Å². The molecule has 6 heteroatoms. The van der Waals surface area contributed by atoms with Crippen molar-refractivity contribution in [1.82, 2.24) is 4.31 Å². The quantitative estimate of drug-likeness (QED) is 0.805. The van der Waals surface area contributed by atoms with E-state index in [1.165, 1.54) is 22.5 Å². The molecule has 3 nitrogen and oxygen atoms in total. The van der Waals surface area contributed by atoms with E-state index >= 15 is 0 Å². The molecule has 0 aromatic heterocycles. The van der Waals surface area contributed by atoms with Gasteiger partial charge >= 0.3 is 0 Å². The van der Waals surface area contributed by atoms with Crippen molar-refractivity contribution in [2.24, 2.45) is 0 Å². The zero-order valence-electron chi connectivity index (χ0n) is 10.8. The first-order chi connectivity index (χ1) is 8.96. The van der Waals surface area contributed by atoms with E-state index in [1.807, 2.05) is 6.92 Å². The van der Waals surface area contributed by atoms with Crippen molar-refractivity contribution in [3.63, 3.8) is 0 Å². The lowest BCUT2D eigenvalue weighted by atomic mass is 10.1. The highest BCUT2D eigenvalue weighted by Crippen LogP contribution is 2.27. The van der Waals surface area contributed by atoms with Crippen LogP contribution in [0.4, 0.5) is 4.39 Å². The maximum absolute atomic E-state index is 13.8. The number of nitrogens with zero attached hydrogens (tertiary/aromatic N) is 1. The predicted octanol–water partition coefficient (Wildman–Crippen LogP) is 3.13. The van der Waals surface area contributed by atoms with Gasteiger partial charge < -0.3 is 0 Å². The highest BCUT2D eigenvalue weighted by molar-refractivity contribution is 7.89. The normalized spacial score (nSPS) is 21.5. The monoisotopic (exact) mass is 305 g/mol. The maximum atomic E-state index is 13.8. The lowest BCUT2D eigenvalue weighted by Crippen LogP contribution is -2.42. The van der Waals surface area contributed by atoms with E-state index in [9.17, 15) is 12.8 Å². The van der Waals surface area contributed by atoms with Gasteiger partial charge in [-0.2, -0.15) is 4.31 Å². The molecule has 0 aliphatic carbocycles. The van der Waals surface area contributed by atoms with E-state index in [-0.39, 0.29) is 16.8 Å². The molecular formula is C13H17ClFNO2S. The molecule has 1 aromatic rings. The van der Waals surface area contributed by atoms with Crippen molar-refractivity contribution in [1.29, 1.82) is 0 Å². The van der Waals surface area contributed by atoms with Crippen LogP contribution in [-0.4, -0.2) is 25.3 Å². The largest absolute Gasteiger partial charge is 0.246 e. The molecule has 1 fully saturated rings. The molecule has 0 radical (unpaired) electrons. The molecule has 1 unspecified atom stereocenters. The van der Waals surface area contributed by atoms with Crippen LogP contribution in [0.15, 0.2) is 23.1 Å². The van der Waals surface area contributed by atoms with Gasteiger partial charge in [0.1, 0.15) is 10.7 Å². The molecule has 1 aliphatic rings. The second kappa shape index (κ2) is 5.77. The standard InChI is InChI=1S/C13H17ClFNO2S/c1-10-4-2-3-7-16(10)19(17,18)13-8-11(9-14)5-6-12(13)15/h5-6,8,10H,2-4,7,9H2,1H3. The van der Waals surface area contributed by atoms with Crippen molar-refractivity contribution in [3.8, 4) is 0 Å². The summed E-state index contributed by atoms with van der Waals surface area (Å²) in [5.41, 5.74) is 0.603. The van der Waals surface area contributed by atoms with Gasteiger partial charge in [-0.15, -0.1) is 11.6 Å². The van der Waals surface area contributed by atoms with Gasteiger partial charge in [-0.05, 0) is 37.5 Å². The molecule has 1 aliphatic heterocycles. The summed E-state index contributed by atoms with van der Waals surface area (Å²) in [5.74, 6) is -0.551. The lowest BCUT2D eigenvalue weighted by Gasteiger charge is -2.32. The zero-order valence-corrected chi connectivity index (χ0v) is 12.3. The van der Waals surface area contributed by atoms with Gasteiger partial charge in [-0.3, -0.25) is 0 Å². The average Bonchev–Trinajstić information content (AvgIpc) is 2.39. The number of rotatable bonds is 3. The van der Waals surface area contributed by atoms with E-state index in [0.29, 0.717) is 12.1 Å². The molecule has 0 N–H and O–H groups in total. The van der Waals surface area contributed by atoms with Crippen LogP contribution in [0.5, 0.6) is 0 Å². The number of hydrogen-bond donors (Lipinski definition) is 0. The fraction of sp³-hybridized carbons (Fsp3) is 0.538. The SMILES string of the molecule is CC1CCCCN1S(=O)(=O)c1cc(CCl)ccc1F. The fourth-order valence-electron chi connectivity index (χ4n) is 2.38. The van der Waals surface area contributed by atoms with Crippen molar-refractivity contribution >= 4 is 21.6 Å². The van der Waals surface area contributed by atoms with E-state index in [4.69, 9.17) is 11.6 Å². The molecule has 1 saturated heterocycles. The Hall–Kier alpha value is -0.650. The molecule has 19 heavy (non-hydrogen) atoms. The minimum atomic E-state index is -3.77. The van der Waals surface area contributed by atoms with Crippen LogP contribution in [0.25, 0.3) is 0 Å². The number of benzene rings is 1. The summed E-state index contributed by atoms with van der Waals surface area (Å²) in [5, 5.41) is 0. The number of hydrogen-bond acceptors (Lipinski definition) is 2. The number of halogens is 2. The molecular weight excluding hydrogens is 289 g/mol.